The Morgan fingerprint density at radius 2 is 1.04 bits per heavy atom. The second-order valence-electron chi connectivity index (χ2n) is 10.7. The van der Waals surface area contributed by atoms with E-state index in [0.29, 0.717) is 11.1 Å². The van der Waals surface area contributed by atoms with Crippen molar-refractivity contribution < 1.29 is 9.47 Å². The molecule has 0 fully saturated rings. The van der Waals surface area contributed by atoms with Gasteiger partial charge in [-0.3, -0.25) is 0 Å². The van der Waals surface area contributed by atoms with Crippen LogP contribution in [0.15, 0.2) is 0 Å². The predicted octanol–water partition coefficient (Wildman–Crippen LogP) is 8.62. The summed E-state index contributed by atoms with van der Waals surface area (Å²) in [6.45, 7) is 19.2. The molecule has 0 aromatic heterocycles. The van der Waals surface area contributed by atoms with E-state index in [1.54, 1.807) is 0 Å². The first kappa shape index (κ1) is 28.1. The Balaban J connectivity index is 3.20. The summed E-state index contributed by atoms with van der Waals surface area (Å²) in [5, 5.41) is 0.557. The van der Waals surface area contributed by atoms with E-state index in [9.17, 15) is 0 Å². The Kier molecular flexibility index (Phi) is 17.0. The van der Waals surface area contributed by atoms with Crippen LogP contribution >= 0.6 is 0 Å². The van der Waals surface area contributed by atoms with E-state index in [4.69, 9.17) is 9.47 Å². The molecular weight excluding hydrogens is 360 g/mol. The molecule has 0 amide bonds. The van der Waals surface area contributed by atoms with E-state index in [2.05, 4.69) is 47.7 Å². The topological polar surface area (TPSA) is 18.5 Å². The van der Waals surface area contributed by atoms with E-state index in [0.717, 1.165) is 26.2 Å². The third-order valence-electron chi connectivity index (χ3n) is 6.50. The molecule has 3 heteroatoms. The van der Waals surface area contributed by atoms with Crippen molar-refractivity contribution in [2.45, 2.75) is 142 Å². The van der Waals surface area contributed by atoms with Gasteiger partial charge in [0.15, 0.2) is 0 Å². The highest BCUT2D eigenvalue weighted by Gasteiger charge is 2.33. The van der Waals surface area contributed by atoms with Gasteiger partial charge >= 0.3 is 0 Å². The van der Waals surface area contributed by atoms with Crippen LogP contribution in [0.4, 0.5) is 0 Å². The average molecular weight is 415 g/mol. The van der Waals surface area contributed by atoms with Crippen molar-refractivity contribution in [3.05, 3.63) is 0 Å². The van der Waals surface area contributed by atoms with Gasteiger partial charge in [-0.05, 0) is 31.7 Å². The Hall–Kier alpha value is 0.137. The summed E-state index contributed by atoms with van der Waals surface area (Å²) in [6.07, 6.45) is 16.8. The second-order valence-corrected chi connectivity index (χ2v) is 16.4. The van der Waals surface area contributed by atoms with Crippen LogP contribution in [0.25, 0.3) is 0 Å². The molecule has 0 aromatic rings. The average Bonchev–Trinajstić information content (AvgIpc) is 2.59. The van der Waals surface area contributed by atoms with Crippen molar-refractivity contribution in [1.29, 1.82) is 0 Å². The molecule has 0 radical (unpaired) electrons. The zero-order valence-corrected chi connectivity index (χ0v) is 21.7. The molecule has 0 aliphatic carbocycles. The summed E-state index contributed by atoms with van der Waals surface area (Å²) in [5.41, 5.74) is 0. The van der Waals surface area contributed by atoms with Crippen LogP contribution in [-0.2, 0) is 9.47 Å². The molecule has 0 unspecified atom stereocenters. The Morgan fingerprint density at radius 1 is 0.607 bits per heavy atom. The predicted molar refractivity (Wildman–Crippen MR) is 129 cm³/mol. The monoisotopic (exact) mass is 414 g/mol. The van der Waals surface area contributed by atoms with Gasteiger partial charge in [-0.25, -0.2) is 0 Å². The molecule has 0 rings (SSSR count). The van der Waals surface area contributed by atoms with E-state index in [1.165, 1.54) is 76.7 Å². The fourth-order valence-electron chi connectivity index (χ4n) is 3.32. The molecule has 28 heavy (non-hydrogen) atoms. The molecule has 0 aromatic carbocycles. The highest BCUT2D eigenvalue weighted by atomic mass is 28.3. The molecule has 0 atom stereocenters. The standard InChI is InChI=1S/C25H54O2Si/c1-24(2)27-22-19-21-26-20-17-15-13-11-9-8-10-12-14-16-18-23-28(6,7)25(3,4)5/h24H,8-23H2,1-7H3. The SMILES string of the molecule is CC(C)OCCCOCCCCCCCCCCCCC[Si](C)(C)C(C)(C)C. The highest BCUT2D eigenvalue weighted by Crippen LogP contribution is 2.39. The van der Waals surface area contributed by atoms with Crippen LogP contribution in [0.3, 0.4) is 0 Å². The number of hydrogen-bond donors (Lipinski definition) is 0. The quantitative estimate of drug-likeness (QED) is 0.155. The molecular formula is C25H54O2Si. The lowest BCUT2D eigenvalue weighted by molar-refractivity contribution is 0.0507. The molecule has 0 aliphatic rings. The lowest BCUT2D eigenvalue weighted by atomic mass is 10.1. The van der Waals surface area contributed by atoms with Crippen molar-refractivity contribution >= 4 is 8.07 Å². The minimum absolute atomic E-state index is 0.340. The van der Waals surface area contributed by atoms with Gasteiger partial charge in [0.1, 0.15) is 0 Å². The van der Waals surface area contributed by atoms with Gasteiger partial charge in [-0.1, -0.05) is 104 Å². The molecule has 0 aliphatic heterocycles. The van der Waals surface area contributed by atoms with Gasteiger partial charge in [0.25, 0.3) is 0 Å². The fourth-order valence-corrected chi connectivity index (χ4v) is 5.20. The molecule has 2 nitrogen and oxygen atoms in total. The molecule has 0 spiro atoms. The van der Waals surface area contributed by atoms with Gasteiger partial charge in [0, 0.05) is 19.8 Å². The lowest BCUT2D eigenvalue weighted by Crippen LogP contribution is -2.36. The summed E-state index contributed by atoms with van der Waals surface area (Å²) < 4.78 is 11.2. The van der Waals surface area contributed by atoms with E-state index in [1.807, 2.05) is 0 Å². The van der Waals surface area contributed by atoms with Crippen molar-refractivity contribution in [2.75, 3.05) is 19.8 Å². The highest BCUT2D eigenvalue weighted by molar-refractivity contribution is 6.80. The fraction of sp³-hybridized carbons (Fsp3) is 1.00. The maximum absolute atomic E-state index is 5.67. The van der Waals surface area contributed by atoms with Crippen molar-refractivity contribution in [3.8, 4) is 0 Å². The first-order valence-corrected chi connectivity index (χ1v) is 15.6. The largest absolute Gasteiger partial charge is 0.381 e. The maximum atomic E-state index is 5.67. The zero-order valence-electron chi connectivity index (χ0n) is 20.7. The van der Waals surface area contributed by atoms with Crippen LogP contribution in [0, 0.1) is 0 Å². The molecule has 0 N–H and O–H groups in total. The lowest BCUT2D eigenvalue weighted by Gasteiger charge is -2.37. The van der Waals surface area contributed by atoms with Crippen LogP contribution in [-0.4, -0.2) is 34.0 Å². The number of ether oxygens (including phenoxy) is 2. The summed E-state index contributed by atoms with van der Waals surface area (Å²) in [7, 11) is -1.03. The molecule has 0 saturated heterocycles. The minimum atomic E-state index is -1.03. The van der Waals surface area contributed by atoms with Gasteiger partial charge in [-0.2, -0.15) is 0 Å². The third kappa shape index (κ3) is 17.0. The van der Waals surface area contributed by atoms with E-state index in [-0.39, 0.29) is 0 Å². The first-order chi connectivity index (χ1) is 13.2. The summed E-state index contributed by atoms with van der Waals surface area (Å²) >= 11 is 0. The molecule has 170 valence electrons. The Bertz CT molecular complexity index is 334. The van der Waals surface area contributed by atoms with E-state index >= 15 is 0 Å². The normalized spacial score (nSPS) is 12.9. The second kappa shape index (κ2) is 16.9. The summed E-state index contributed by atoms with van der Waals surface area (Å²) in [4.78, 5) is 0. The number of rotatable bonds is 19. The van der Waals surface area contributed by atoms with Crippen LogP contribution in [0.2, 0.25) is 24.2 Å². The number of hydrogen-bond acceptors (Lipinski definition) is 2. The minimum Gasteiger partial charge on any atom is -0.381 e. The van der Waals surface area contributed by atoms with Crippen LogP contribution in [0.5, 0.6) is 0 Å². The van der Waals surface area contributed by atoms with Gasteiger partial charge in [0.2, 0.25) is 0 Å². The van der Waals surface area contributed by atoms with Gasteiger partial charge in [0.05, 0.1) is 14.2 Å². The van der Waals surface area contributed by atoms with Crippen LogP contribution in [0.1, 0.15) is 112 Å². The molecule has 0 bridgehead atoms. The summed E-state index contributed by atoms with van der Waals surface area (Å²) in [6, 6.07) is 1.51. The van der Waals surface area contributed by atoms with Crippen LogP contribution < -0.4 is 0 Å². The number of unbranched alkanes of at least 4 members (excludes halogenated alkanes) is 10. The Morgan fingerprint density at radius 3 is 1.50 bits per heavy atom. The molecule has 0 saturated carbocycles. The van der Waals surface area contributed by atoms with Gasteiger partial charge in [-0.15, -0.1) is 0 Å². The third-order valence-corrected chi connectivity index (χ3v) is 12.2. The molecule has 0 heterocycles. The van der Waals surface area contributed by atoms with Crippen molar-refractivity contribution in [3.63, 3.8) is 0 Å². The van der Waals surface area contributed by atoms with Crippen molar-refractivity contribution in [1.82, 2.24) is 0 Å². The van der Waals surface area contributed by atoms with E-state index < -0.39 is 8.07 Å². The smallest absolute Gasteiger partial charge is 0.0527 e. The zero-order chi connectivity index (χ0) is 21.3. The first-order valence-electron chi connectivity index (χ1n) is 12.4. The Labute approximate surface area is 179 Å². The van der Waals surface area contributed by atoms with Gasteiger partial charge < -0.3 is 9.47 Å². The maximum Gasteiger partial charge on any atom is 0.0527 e. The summed E-state index contributed by atoms with van der Waals surface area (Å²) in [5.74, 6) is 0. The van der Waals surface area contributed by atoms with Crippen molar-refractivity contribution in [2.24, 2.45) is 0 Å².